The lowest BCUT2D eigenvalue weighted by Gasteiger charge is -2.25. The zero-order valence-corrected chi connectivity index (χ0v) is 24.3. The number of hydrogen-bond acceptors (Lipinski definition) is 7. The van der Waals surface area contributed by atoms with E-state index in [9.17, 15) is 24.3 Å². The van der Waals surface area contributed by atoms with Gasteiger partial charge in [0.05, 0.1) is 6.04 Å². The van der Waals surface area contributed by atoms with Gasteiger partial charge in [0, 0.05) is 19.5 Å². The molecule has 0 aliphatic heterocycles. The first-order valence-electron chi connectivity index (χ1n) is 13.8. The average Bonchev–Trinajstić information content (AvgIpc) is 2.91. The van der Waals surface area contributed by atoms with Gasteiger partial charge in [-0.3, -0.25) is 24.4 Å². The molecule has 234 valence electrons. The number of aliphatic imine (C=N–C) groups is 2. The number of guanidine groups is 2. The lowest BCUT2D eigenvalue weighted by molar-refractivity contribution is -0.142. The Morgan fingerprint density at radius 2 is 1.24 bits per heavy atom. The minimum absolute atomic E-state index is 0.0566. The monoisotopic (exact) mass is 590 g/mol. The Labute approximate surface area is 246 Å². The summed E-state index contributed by atoms with van der Waals surface area (Å²) in [5.74, 6) is -3.18. The summed E-state index contributed by atoms with van der Waals surface area (Å²) in [5.41, 5.74) is 28.1. The van der Waals surface area contributed by atoms with Crippen LogP contribution in [0.25, 0.3) is 0 Å². The summed E-state index contributed by atoms with van der Waals surface area (Å²) in [4.78, 5) is 59.2. The summed E-state index contributed by atoms with van der Waals surface area (Å²) < 4.78 is 0. The maximum atomic E-state index is 13.5. The van der Waals surface area contributed by atoms with Crippen LogP contribution in [0.5, 0.6) is 0 Å². The largest absolute Gasteiger partial charge is 0.480 e. The highest BCUT2D eigenvalue weighted by Crippen LogP contribution is 2.09. The molecular formula is C27H46N10O5. The van der Waals surface area contributed by atoms with Gasteiger partial charge in [0.2, 0.25) is 17.7 Å². The van der Waals surface area contributed by atoms with Crippen molar-refractivity contribution in [3.8, 4) is 0 Å². The second-order valence-corrected chi connectivity index (χ2v) is 10.3. The molecule has 42 heavy (non-hydrogen) atoms. The van der Waals surface area contributed by atoms with Crippen LogP contribution >= 0.6 is 0 Å². The second-order valence-electron chi connectivity index (χ2n) is 10.3. The number of nitrogens with two attached hydrogens (primary N) is 5. The van der Waals surface area contributed by atoms with E-state index in [-0.39, 0.29) is 50.2 Å². The molecule has 15 nitrogen and oxygen atoms in total. The van der Waals surface area contributed by atoms with Crippen LogP contribution in [0.3, 0.4) is 0 Å². The van der Waals surface area contributed by atoms with E-state index in [2.05, 4.69) is 25.9 Å². The maximum Gasteiger partial charge on any atom is 0.326 e. The van der Waals surface area contributed by atoms with Gasteiger partial charge < -0.3 is 49.7 Å². The van der Waals surface area contributed by atoms with Crippen molar-refractivity contribution in [1.29, 1.82) is 0 Å². The molecule has 0 heterocycles. The Hall–Kier alpha value is -4.40. The number of benzene rings is 1. The molecule has 0 radical (unpaired) electrons. The Kier molecular flexibility index (Phi) is 16.0. The minimum atomic E-state index is -1.25. The summed E-state index contributed by atoms with van der Waals surface area (Å²) in [7, 11) is 0. The Balaban J connectivity index is 3.14. The van der Waals surface area contributed by atoms with Crippen LogP contribution in [0.1, 0.15) is 51.5 Å². The summed E-state index contributed by atoms with van der Waals surface area (Å²) in [5, 5.41) is 17.5. The van der Waals surface area contributed by atoms with Crippen molar-refractivity contribution < 1.29 is 24.3 Å². The molecule has 0 saturated heterocycles. The van der Waals surface area contributed by atoms with Crippen molar-refractivity contribution in [1.82, 2.24) is 16.0 Å². The number of amides is 3. The van der Waals surface area contributed by atoms with Crippen molar-refractivity contribution in [3.05, 3.63) is 35.9 Å². The zero-order chi connectivity index (χ0) is 31.7. The predicted octanol–water partition coefficient (Wildman–Crippen LogP) is -1.75. The quantitative estimate of drug-likeness (QED) is 0.0497. The average molecular weight is 591 g/mol. The van der Waals surface area contributed by atoms with E-state index in [4.69, 9.17) is 28.7 Å². The van der Waals surface area contributed by atoms with Crippen LogP contribution in [-0.4, -0.2) is 78.0 Å². The predicted molar refractivity (Wildman–Crippen MR) is 161 cm³/mol. The summed E-state index contributed by atoms with van der Waals surface area (Å²) in [6.45, 7) is 4.25. The van der Waals surface area contributed by atoms with Crippen molar-refractivity contribution in [2.45, 2.75) is 76.5 Å². The minimum Gasteiger partial charge on any atom is -0.480 e. The van der Waals surface area contributed by atoms with Crippen molar-refractivity contribution in [2.24, 2.45) is 44.6 Å². The molecule has 0 aromatic heterocycles. The first-order chi connectivity index (χ1) is 19.8. The number of nitrogens with one attached hydrogen (secondary N) is 3. The lowest BCUT2D eigenvalue weighted by Crippen LogP contribution is -2.57. The molecule has 0 bridgehead atoms. The molecule has 4 unspecified atom stereocenters. The molecule has 1 aromatic rings. The molecular weight excluding hydrogens is 544 g/mol. The number of carbonyl (C=O) groups is 4. The maximum absolute atomic E-state index is 13.5. The summed E-state index contributed by atoms with van der Waals surface area (Å²) in [6, 6.07) is 4.62. The molecule has 0 aliphatic carbocycles. The van der Waals surface area contributed by atoms with Crippen LogP contribution in [0, 0.1) is 5.92 Å². The Morgan fingerprint density at radius 3 is 1.74 bits per heavy atom. The molecule has 1 aromatic carbocycles. The van der Waals surface area contributed by atoms with E-state index in [1.165, 1.54) is 0 Å². The SMILES string of the molecule is CC(C)CC(N)C(=O)NC(CCCN=C(N)N)C(=O)NC(Cc1ccccc1)C(=O)NC(CCCN=C(N)N)C(=O)O. The Morgan fingerprint density at radius 1 is 0.762 bits per heavy atom. The van der Waals surface area contributed by atoms with Crippen LogP contribution in [0.2, 0.25) is 0 Å². The third-order valence-corrected chi connectivity index (χ3v) is 6.12. The van der Waals surface area contributed by atoms with Gasteiger partial charge >= 0.3 is 5.97 Å². The van der Waals surface area contributed by atoms with Gasteiger partial charge in [-0.25, -0.2) is 4.79 Å². The fourth-order valence-electron chi connectivity index (χ4n) is 4.03. The molecule has 0 aliphatic rings. The van der Waals surface area contributed by atoms with Crippen LogP contribution in [-0.2, 0) is 25.6 Å². The number of carboxylic acid groups (broad SMARTS) is 1. The van der Waals surface area contributed by atoms with E-state index >= 15 is 0 Å². The molecule has 14 N–H and O–H groups in total. The van der Waals surface area contributed by atoms with Crippen molar-refractivity contribution in [3.63, 3.8) is 0 Å². The smallest absolute Gasteiger partial charge is 0.326 e. The van der Waals surface area contributed by atoms with Crippen molar-refractivity contribution in [2.75, 3.05) is 13.1 Å². The van der Waals surface area contributed by atoms with Gasteiger partial charge in [0.25, 0.3) is 0 Å². The van der Waals surface area contributed by atoms with Gasteiger partial charge in [-0.1, -0.05) is 44.2 Å². The van der Waals surface area contributed by atoms with Gasteiger partial charge in [-0.2, -0.15) is 0 Å². The third-order valence-electron chi connectivity index (χ3n) is 6.12. The Bertz CT molecular complexity index is 1070. The van der Waals surface area contributed by atoms with Crippen LogP contribution < -0.4 is 44.6 Å². The summed E-state index contributed by atoms with van der Waals surface area (Å²) >= 11 is 0. The van der Waals surface area contributed by atoms with Gasteiger partial charge in [-0.15, -0.1) is 0 Å². The molecule has 0 spiro atoms. The third kappa shape index (κ3) is 14.8. The van der Waals surface area contributed by atoms with E-state index in [0.29, 0.717) is 19.3 Å². The highest BCUT2D eigenvalue weighted by molar-refractivity contribution is 5.94. The topological polar surface area (TPSA) is 279 Å². The van der Waals surface area contributed by atoms with E-state index in [1.807, 2.05) is 13.8 Å². The standard InChI is InChI=1S/C27H46N10O5/c1-16(2)14-18(28)22(38)35-19(10-6-12-33-26(29)30)23(39)37-21(15-17-8-4-3-5-9-17)24(40)36-20(25(41)42)11-7-13-34-27(31)32/h3-5,8-9,16,18-21H,6-7,10-15,28H2,1-2H3,(H,35,38)(H,36,40)(H,37,39)(H,41,42)(H4,29,30,33)(H4,31,32,34). The van der Waals surface area contributed by atoms with Crippen molar-refractivity contribution >= 4 is 35.6 Å². The van der Waals surface area contributed by atoms with Crippen LogP contribution in [0.15, 0.2) is 40.3 Å². The number of carboxylic acids is 1. The van der Waals surface area contributed by atoms with Gasteiger partial charge in [-0.05, 0) is 43.6 Å². The first-order valence-corrected chi connectivity index (χ1v) is 13.8. The van der Waals surface area contributed by atoms with Crippen LogP contribution in [0.4, 0.5) is 0 Å². The molecule has 0 saturated carbocycles. The molecule has 3 amide bonds. The second kappa shape index (κ2) is 18.9. The highest BCUT2D eigenvalue weighted by atomic mass is 16.4. The zero-order valence-electron chi connectivity index (χ0n) is 24.3. The van der Waals surface area contributed by atoms with E-state index in [0.717, 1.165) is 5.56 Å². The van der Waals surface area contributed by atoms with Gasteiger partial charge in [0.15, 0.2) is 11.9 Å². The first kappa shape index (κ1) is 35.6. The number of aliphatic carboxylic acids is 1. The molecule has 4 atom stereocenters. The van der Waals surface area contributed by atoms with E-state index in [1.54, 1.807) is 30.3 Å². The number of hydrogen-bond donors (Lipinski definition) is 9. The molecule has 1 rings (SSSR count). The molecule has 15 heteroatoms. The fourth-order valence-corrected chi connectivity index (χ4v) is 4.03. The van der Waals surface area contributed by atoms with Gasteiger partial charge in [0.1, 0.15) is 18.1 Å². The lowest BCUT2D eigenvalue weighted by atomic mass is 10.0. The summed E-state index contributed by atoms with van der Waals surface area (Å²) in [6.07, 6.45) is 1.34. The number of rotatable bonds is 19. The highest BCUT2D eigenvalue weighted by Gasteiger charge is 2.30. The van der Waals surface area contributed by atoms with E-state index < -0.39 is 47.9 Å². The molecule has 0 fully saturated rings. The fraction of sp³-hybridized carbons (Fsp3) is 0.556. The number of nitrogens with zero attached hydrogens (tertiary/aromatic N) is 2. The number of carbonyl (C=O) groups excluding carboxylic acids is 3. The normalized spacial score (nSPS) is 13.6.